The van der Waals surface area contributed by atoms with Gasteiger partial charge in [0, 0.05) is 17.1 Å². The summed E-state index contributed by atoms with van der Waals surface area (Å²) in [7, 11) is -1.56. The molecule has 3 heterocycles. The number of benzene rings is 2. The van der Waals surface area contributed by atoms with Gasteiger partial charge in [0.05, 0.1) is 19.5 Å². The molecule has 1 atom stereocenters. The summed E-state index contributed by atoms with van der Waals surface area (Å²) in [5, 5.41) is 0.548. The lowest BCUT2D eigenvalue weighted by Gasteiger charge is -2.17. The summed E-state index contributed by atoms with van der Waals surface area (Å²) in [6, 6.07) is 16.4. The maximum atomic E-state index is 12.0. The number of nitrogen functional groups attached to an aromatic ring is 1. The van der Waals surface area contributed by atoms with Crippen LogP contribution >= 0.6 is 20.0 Å². The van der Waals surface area contributed by atoms with Gasteiger partial charge in [-0.25, -0.2) is 9.78 Å². The zero-order valence-electron chi connectivity index (χ0n) is 20.4. The zero-order chi connectivity index (χ0) is 27.2. The number of anilines is 1. The van der Waals surface area contributed by atoms with Crippen molar-refractivity contribution in [3.05, 3.63) is 98.2 Å². The first-order valence-electron chi connectivity index (χ1n) is 11.7. The second-order valence-electron chi connectivity index (χ2n) is 8.18. The highest BCUT2D eigenvalue weighted by Crippen LogP contribution is 2.41. The quantitative estimate of drug-likeness (QED) is 0.163. The van der Waals surface area contributed by atoms with Gasteiger partial charge in [-0.2, -0.15) is 4.98 Å². The number of aromatic amines is 1. The van der Waals surface area contributed by atoms with Crippen molar-refractivity contribution in [3.8, 4) is 11.3 Å². The summed E-state index contributed by atoms with van der Waals surface area (Å²) in [4.78, 5) is 34.5. The molecule has 0 saturated carbocycles. The van der Waals surface area contributed by atoms with Crippen LogP contribution < -0.4 is 17.1 Å². The van der Waals surface area contributed by atoms with Crippen molar-refractivity contribution in [2.24, 2.45) is 0 Å². The molecule has 0 fully saturated rings. The number of hydrogen-bond donors (Lipinski definition) is 2. The van der Waals surface area contributed by atoms with E-state index in [1.165, 1.54) is 6.33 Å². The van der Waals surface area contributed by atoms with Gasteiger partial charge in [0.25, 0.3) is 5.56 Å². The molecule has 0 radical (unpaired) electrons. The van der Waals surface area contributed by atoms with E-state index in [4.69, 9.17) is 40.0 Å². The highest BCUT2D eigenvalue weighted by Gasteiger charge is 2.19. The topological polar surface area (TPSA) is 161 Å². The summed E-state index contributed by atoms with van der Waals surface area (Å²) < 4.78 is 30.0. The second-order valence-corrected chi connectivity index (χ2v) is 10.1. The Morgan fingerprint density at radius 2 is 1.79 bits per heavy atom. The van der Waals surface area contributed by atoms with Crippen molar-refractivity contribution < 1.29 is 22.6 Å². The first kappa shape index (κ1) is 26.8. The first-order chi connectivity index (χ1) is 19.0. The van der Waals surface area contributed by atoms with Crippen LogP contribution in [0.1, 0.15) is 11.3 Å². The molecule has 202 valence electrons. The Hall–Kier alpha value is -3.80. The molecule has 1 unspecified atom stereocenters. The molecule has 5 rings (SSSR count). The molecule has 0 aliphatic carbocycles. The molecule has 12 nitrogen and oxygen atoms in total. The van der Waals surface area contributed by atoms with Crippen molar-refractivity contribution in [2.75, 3.05) is 18.7 Å². The molecule has 2 aromatic carbocycles. The van der Waals surface area contributed by atoms with Crippen LogP contribution in [0.3, 0.4) is 0 Å². The molecule has 39 heavy (non-hydrogen) atoms. The van der Waals surface area contributed by atoms with Gasteiger partial charge in [0.1, 0.15) is 13.0 Å². The molecule has 0 aliphatic heterocycles. The Bertz CT molecular complexity index is 1650. The maximum Gasteiger partial charge on any atom is 0.519 e. The van der Waals surface area contributed by atoms with Crippen molar-refractivity contribution in [1.82, 2.24) is 19.5 Å². The fraction of sp³-hybridized carbons (Fsp3) is 0.200. The Morgan fingerprint density at radius 3 is 2.59 bits per heavy atom. The van der Waals surface area contributed by atoms with Crippen LogP contribution in [0.5, 0.6) is 0 Å². The minimum atomic E-state index is -1.56. The number of nitrogens with zero attached hydrogens (tertiary/aromatic N) is 3. The molecule has 14 heteroatoms. The van der Waals surface area contributed by atoms with Gasteiger partial charge in [0.15, 0.2) is 31.1 Å². The largest absolute Gasteiger partial charge is 0.519 e. The van der Waals surface area contributed by atoms with Crippen molar-refractivity contribution in [3.63, 3.8) is 0 Å². The molecule has 3 aromatic heterocycles. The number of H-pyrrole nitrogens is 1. The third-order valence-electron chi connectivity index (χ3n) is 5.48. The lowest BCUT2D eigenvalue weighted by molar-refractivity contribution is 0.136. The van der Waals surface area contributed by atoms with Crippen molar-refractivity contribution in [1.29, 1.82) is 0 Å². The summed E-state index contributed by atoms with van der Waals surface area (Å²) in [6.07, 6.45) is 1.63. The fourth-order valence-corrected chi connectivity index (χ4v) is 4.81. The van der Waals surface area contributed by atoms with E-state index in [2.05, 4.69) is 15.0 Å². The zero-order valence-corrected chi connectivity index (χ0v) is 22.1. The average Bonchev–Trinajstić information content (AvgIpc) is 3.51. The molecule has 0 amide bonds. The summed E-state index contributed by atoms with van der Waals surface area (Å²) >= 11 is 5.97. The monoisotopic (exact) mass is 571 g/mol. The van der Waals surface area contributed by atoms with Gasteiger partial charge >= 0.3 is 5.82 Å². The summed E-state index contributed by atoms with van der Waals surface area (Å²) in [6.45, 7) is 0.845. The third kappa shape index (κ3) is 6.80. The number of rotatable bonds is 12. The van der Waals surface area contributed by atoms with Crippen molar-refractivity contribution >= 4 is 37.1 Å². The molecule has 0 saturated heterocycles. The van der Waals surface area contributed by atoms with Crippen LogP contribution in [0.25, 0.3) is 22.5 Å². The molecular weight excluding hydrogens is 549 g/mol. The van der Waals surface area contributed by atoms with Crippen LogP contribution in [0, 0.1) is 0 Å². The van der Waals surface area contributed by atoms with Crippen LogP contribution in [-0.4, -0.2) is 32.5 Å². The summed E-state index contributed by atoms with van der Waals surface area (Å²) in [5.74, 6) is -0.364. The molecule has 5 aromatic rings. The molecule has 0 spiro atoms. The number of ether oxygens (including phenoxy) is 1. The number of nitrogens with two attached hydrogens (primary N) is 1. The van der Waals surface area contributed by atoms with Gasteiger partial charge in [-0.15, -0.1) is 0 Å². The Balaban J connectivity index is 1.23. The number of aromatic nitrogens is 4. The Labute approximate surface area is 227 Å². The van der Waals surface area contributed by atoms with Crippen LogP contribution in [0.4, 0.5) is 5.95 Å². The normalized spacial score (nSPS) is 12.2. The number of imidazole rings is 1. The lowest BCUT2D eigenvalue weighted by atomic mass is 10.1. The highest BCUT2D eigenvalue weighted by molar-refractivity contribution is 7.46. The fourth-order valence-electron chi connectivity index (χ4n) is 3.62. The molecule has 3 N–H and O–H groups in total. The van der Waals surface area contributed by atoms with Crippen molar-refractivity contribution in [2.45, 2.75) is 19.8 Å². The molecular formula is C25H23ClN5O7P. The standard InChI is InChI=1S/C25H23ClN5O7P/c26-18-8-6-17(7-9-18)21-19(37-25(33)38-21)13-36-39(35-12-16-4-2-1-3-5-16)15-34-11-10-31-14-28-20-22(31)29-24(27)30-23(20)32/h1-9,14H,10-13,15H2,(H3,27,29,30,32). The predicted molar refractivity (Wildman–Crippen MR) is 144 cm³/mol. The number of hydrogen-bond acceptors (Lipinski definition) is 10. The second kappa shape index (κ2) is 12.4. The Morgan fingerprint density at radius 1 is 1.03 bits per heavy atom. The van der Waals surface area contributed by atoms with E-state index in [-0.39, 0.29) is 42.5 Å². The van der Waals surface area contributed by atoms with Crippen LogP contribution in [0.2, 0.25) is 5.02 Å². The van der Waals surface area contributed by atoms with Gasteiger partial charge < -0.3 is 32.9 Å². The van der Waals surface area contributed by atoms with E-state index in [0.717, 1.165) is 5.56 Å². The van der Waals surface area contributed by atoms with E-state index in [9.17, 15) is 9.59 Å². The van der Waals surface area contributed by atoms with E-state index in [1.54, 1.807) is 28.8 Å². The van der Waals surface area contributed by atoms with Crippen LogP contribution in [0.15, 0.2) is 79.3 Å². The van der Waals surface area contributed by atoms with Gasteiger partial charge in [-0.3, -0.25) is 9.78 Å². The predicted octanol–water partition coefficient (Wildman–Crippen LogP) is 4.29. The van der Waals surface area contributed by atoms with Gasteiger partial charge in [-0.1, -0.05) is 41.9 Å². The Kier molecular flexibility index (Phi) is 8.50. The highest BCUT2D eigenvalue weighted by atomic mass is 35.5. The lowest BCUT2D eigenvalue weighted by Crippen LogP contribution is -2.13. The molecule has 0 bridgehead atoms. The third-order valence-corrected chi connectivity index (χ3v) is 6.96. The maximum absolute atomic E-state index is 12.0. The van der Waals surface area contributed by atoms with Crippen LogP contribution in [-0.2, 0) is 33.5 Å². The number of halogens is 1. The minimum absolute atomic E-state index is 0.00488. The van der Waals surface area contributed by atoms with E-state index < -0.39 is 19.8 Å². The average molecular weight is 572 g/mol. The van der Waals surface area contributed by atoms with Gasteiger partial charge in [0.2, 0.25) is 5.95 Å². The van der Waals surface area contributed by atoms with E-state index in [1.807, 2.05) is 30.3 Å². The first-order valence-corrected chi connectivity index (χ1v) is 13.4. The van der Waals surface area contributed by atoms with Gasteiger partial charge in [-0.05, 0) is 29.8 Å². The number of fused-ring (bicyclic) bond motifs is 1. The molecule has 0 aliphatic rings. The summed E-state index contributed by atoms with van der Waals surface area (Å²) in [5.41, 5.74) is 7.39. The SMILES string of the molecule is Nc1nc2c(ncn2CCOCP(OCc2ccccc2)OCc2oc(=O)oc2-c2ccc(Cl)cc2)c(=O)[nH]1. The smallest absolute Gasteiger partial charge is 0.393 e. The minimum Gasteiger partial charge on any atom is -0.393 e. The number of nitrogens with one attached hydrogen (secondary N) is 1. The van der Waals surface area contributed by atoms with E-state index >= 15 is 0 Å². The van der Waals surface area contributed by atoms with E-state index in [0.29, 0.717) is 29.4 Å².